The molecule has 33 heavy (non-hydrogen) atoms. The van der Waals surface area contributed by atoms with E-state index in [4.69, 9.17) is 4.74 Å². The van der Waals surface area contributed by atoms with Crippen molar-refractivity contribution in [2.24, 2.45) is 11.8 Å². The van der Waals surface area contributed by atoms with Crippen LogP contribution in [0, 0.1) is 18.8 Å². The molecule has 2 aliphatic heterocycles. The van der Waals surface area contributed by atoms with Gasteiger partial charge in [0.25, 0.3) is 0 Å². The molecule has 3 aromatic rings. The summed E-state index contributed by atoms with van der Waals surface area (Å²) in [6, 6.07) is 22.5. The van der Waals surface area contributed by atoms with Gasteiger partial charge in [0.1, 0.15) is 0 Å². The van der Waals surface area contributed by atoms with Crippen LogP contribution in [0.2, 0.25) is 0 Å². The fourth-order valence-corrected chi connectivity index (χ4v) is 5.48. The molecule has 3 aliphatic rings. The van der Waals surface area contributed by atoms with E-state index in [1.54, 1.807) is 66.7 Å². The number of anilines is 1. The highest BCUT2D eigenvalue weighted by Gasteiger charge is 2.74. The van der Waals surface area contributed by atoms with Crippen molar-refractivity contribution in [2.75, 3.05) is 4.90 Å². The van der Waals surface area contributed by atoms with Gasteiger partial charge in [0, 0.05) is 11.1 Å². The molecule has 2 saturated heterocycles. The van der Waals surface area contributed by atoms with Crippen LogP contribution in [0.15, 0.2) is 78.9 Å². The lowest BCUT2D eigenvalue weighted by molar-refractivity contribution is -0.127. The number of carbonyl (C=O) groups excluding carboxylic acids is 4. The van der Waals surface area contributed by atoms with E-state index in [9.17, 15) is 19.2 Å². The number of hydrogen-bond acceptors (Lipinski definition) is 5. The first-order chi connectivity index (χ1) is 15.9. The summed E-state index contributed by atoms with van der Waals surface area (Å²) in [5.41, 5.74) is 0.370. The minimum Gasteiger partial charge on any atom is -0.349 e. The largest absolute Gasteiger partial charge is 0.349 e. The van der Waals surface area contributed by atoms with Gasteiger partial charge in [0.2, 0.25) is 29.0 Å². The van der Waals surface area contributed by atoms with Crippen LogP contribution >= 0.6 is 0 Å². The smallest absolute Gasteiger partial charge is 0.241 e. The summed E-state index contributed by atoms with van der Waals surface area (Å²) in [6.07, 6.45) is -0.898. The molecule has 0 saturated carbocycles. The van der Waals surface area contributed by atoms with Crippen LogP contribution in [0.4, 0.5) is 5.69 Å². The molecule has 1 spiro atoms. The van der Waals surface area contributed by atoms with Crippen LogP contribution in [0.3, 0.4) is 0 Å². The first-order valence-corrected chi connectivity index (χ1v) is 10.8. The molecule has 0 bridgehead atoms. The van der Waals surface area contributed by atoms with Gasteiger partial charge in [-0.1, -0.05) is 66.7 Å². The highest BCUT2D eigenvalue weighted by atomic mass is 16.5. The molecule has 6 rings (SSSR count). The van der Waals surface area contributed by atoms with Gasteiger partial charge in [0.15, 0.2) is 0 Å². The Hall–Kier alpha value is -3.90. The van der Waals surface area contributed by atoms with Crippen molar-refractivity contribution >= 4 is 29.1 Å². The Morgan fingerprint density at radius 1 is 0.758 bits per heavy atom. The summed E-state index contributed by atoms with van der Waals surface area (Å²) in [5.74, 6) is -4.36. The Kier molecular flexibility index (Phi) is 4.07. The van der Waals surface area contributed by atoms with Crippen molar-refractivity contribution in [1.29, 1.82) is 0 Å². The van der Waals surface area contributed by atoms with Crippen molar-refractivity contribution in [3.8, 4) is 0 Å². The number of Topliss-reactive ketones (excluding diaryl/α,β-unsaturated/α-hetero) is 2. The van der Waals surface area contributed by atoms with Gasteiger partial charge in [-0.25, -0.2) is 4.90 Å². The minimum atomic E-state index is -2.04. The van der Waals surface area contributed by atoms with Crippen molar-refractivity contribution in [3.05, 3.63) is 101 Å². The minimum absolute atomic E-state index is 0.226. The Bertz CT molecular complexity index is 1330. The van der Waals surface area contributed by atoms with E-state index >= 15 is 0 Å². The molecule has 0 unspecified atom stereocenters. The van der Waals surface area contributed by atoms with Crippen LogP contribution < -0.4 is 4.90 Å². The molecule has 2 amide bonds. The number of ether oxygens (including phenoxy) is 1. The molecular weight excluding hydrogens is 418 g/mol. The number of amides is 2. The molecule has 0 aromatic heterocycles. The summed E-state index contributed by atoms with van der Waals surface area (Å²) in [4.78, 5) is 56.0. The number of ketones is 2. The second-order valence-electron chi connectivity index (χ2n) is 8.74. The maximum Gasteiger partial charge on any atom is 0.241 e. The SMILES string of the molecule is Cc1cccc(N2C(=O)[C@@H]3[C@@H](C2=O)C2(O[C@H]3c3ccccc3)C(=O)c3ccccc3C2=O)c1. The third-order valence-corrected chi connectivity index (χ3v) is 6.91. The fourth-order valence-electron chi connectivity index (χ4n) is 5.48. The number of rotatable bonds is 2. The van der Waals surface area contributed by atoms with E-state index in [1.807, 2.05) is 19.1 Å². The zero-order valence-electron chi connectivity index (χ0n) is 17.7. The maximum atomic E-state index is 13.8. The predicted octanol–water partition coefficient (Wildman–Crippen LogP) is 3.69. The van der Waals surface area contributed by atoms with Crippen molar-refractivity contribution in [1.82, 2.24) is 0 Å². The topological polar surface area (TPSA) is 80.8 Å². The molecule has 162 valence electrons. The van der Waals surface area contributed by atoms with E-state index in [2.05, 4.69) is 0 Å². The van der Waals surface area contributed by atoms with Crippen LogP contribution in [0.25, 0.3) is 0 Å². The second-order valence-corrected chi connectivity index (χ2v) is 8.74. The van der Waals surface area contributed by atoms with Crippen LogP contribution in [0.5, 0.6) is 0 Å². The highest BCUT2D eigenvalue weighted by molar-refractivity contribution is 6.37. The van der Waals surface area contributed by atoms with Gasteiger partial charge in [0.05, 0.1) is 23.6 Å². The molecular formula is C27H19NO5. The number of imide groups is 1. The van der Waals surface area contributed by atoms with E-state index in [1.165, 1.54) is 0 Å². The molecule has 2 fully saturated rings. The van der Waals surface area contributed by atoms with Crippen LogP contribution in [-0.4, -0.2) is 29.0 Å². The number of fused-ring (bicyclic) bond motifs is 3. The number of benzene rings is 3. The number of nitrogens with zero attached hydrogens (tertiary/aromatic N) is 1. The maximum absolute atomic E-state index is 13.8. The molecule has 1 aliphatic carbocycles. The van der Waals surface area contributed by atoms with Gasteiger partial charge in [-0.3, -0.25) is 19.2 Å². The molecule has 6 heteroatoms. The molecule has 3 aromatic carbocycles. The monoisotopic (exact) mass is 437 g/mol. The van der Waals surface area contributed by atoms with Crippen LogP contribution in [0.1, 0.15) is 37.9 Å². The van der Waals surface area contributed by atoms with Crippen molar-refractivity contribution < 1.29 is 23.9 Å². The lowest BCUT2D eigenvalue weighted by Crippen LogP contribution is -2.51. The van der Waals surface area contributed by atoms with Gasteiger partial charge >= 0.3 is 0 Å². The molecule has 3 atom stereocenters. The standard InChI is InChI=1S/C27H19NO5/c1-15-8-7-11-17(14-15)28-25(31)20-21(26(28)32)27(33-22(20)16-9-3-2-4-10-16)23(29)18-12-5-6-13-19(18)24(27)30/h2-14,20-22H,1H3/t20-,21+,22+/m1/s1. The zero-order valence-corrected chi connectivity index (χ0v) is 17.7. The molecule has 6 nitrogen and oxygen atoms in total. The Balaban J connectivity index is 1.56. The average molecular weight is 437 g/mol. The quantitative estimate of drug-likeness (QED) is 0.451. The number of hydrogen-bond donors (Lipinski definition) is 0. The van der Waals surface area contributed by atoms with Crippen LogP contribution in [-0.2, 0) is 14.3 Å². The summed E-state index contributed by atoms with van der Waals surface area (Å²) in [6.45, 7) is 1.87. The summed E-state index contributed by atoms with van der Waals surface area (Å²) in [5, 5.41) is 0. The number of carbonyl (C=O) groups is 4. The normalized spacial score (nSPS) is 25.1. The molecule has 0 N–H and O–H groups in total. The number of aryl methyl sites for hydroxylation is 1. The third kappa shape index (κ3) is 2.47. The van der Waals surface area contributed by atoms with E-state index < -0.39 is 46.9 Å². The van der Waals surface area contributed by atoms with Gasteiger partial charge in [-0.2, -0.15) is 0 Å². The van der Waals surface area contributed by atoms with Crippen molar-refractivity contribution in [2.45, 2.75) is 18.6 Å². The van der Waals surface area contributed by atoms with Gasteiger partial charge in [-0.05, 0) is 30.2 Å². The Morgan fingerprint density at radius 2 is 1.39 bits per heavy atom. The summed E-state index contributed by atoms with van der Waals surface area (Å²) < 4.78 is 6.25. The molecule has 0 radical (unpaired) electrons. The lowest BCUT2D eigenvalue weighted by Gasteiger charge is -2.27. The first-order valence-electron chi connectivity index (χ1n) is 10.8. The molecule has 2 heterocycles. The lowest BCUT2D eigenvalue weighted by atomic mass is 9.77. The first kappa shape index (κ1) is 19.8. The summed E-state index contributed by atoms with van der Waals surface area (Å²) in [7, 11) is 0. The van der Waals surface area contributed by atoms with Gasteiger partial charge in [-0.15, -0.1) is 0 Å². The van der Waals surface area contributed by atoms with E-state index in [-0.39, 0.29) is 11.1 Å². The van der Waals surface area contributed by atoms with Crippen molar-refractivity contribution in [3.63, 3.8) is 0 Å². The zero-order chi connectivity index (χ0) is 22.9. The van der Waals surface area contributed by atoms with E-state index in [0.29, 0.717) is 11.3 Å². The third-order valence-electron chi connectivity index (χ3n) is 6.91. The Morgan fingerprint density at radius 3 is 2.03 bits per heavy atom. The predicted molar refractivity (Wildman–Crippen MR) is 119 cm³/mol. The average Bonchev–Trinajstić information content (AvgIpc) is 3.40. The van der Waals surface area contributed by atoms with E-state index in [0.717, 1.165) is 10.5 Å². The second kappa shape index (κ2) is 6.80. The Labute approximate surface area is 189 Å². The highest BCUT2D eigenvalue weighted by Crippen LogP contribution is 2.57. The fraction of sp³-hybridized carbons (Fsp3) is 0.185. The summed E-state index contributed by atoms with van der Waals surface area (Å²) >= 11 is 0. The van der Waals surface area contributed by atoms with Gasteiger partial charge < -0.3 is 4.74 Å².